The van der Waals surface area contributed by atoms with Crippen LogP contribution in [0.4, 0.5) is 5.69 Å². The third-order valence-electron chi connectivity index (χ3n) is 6.32. The summed E-state index contributed by atoms with van der Waals surface area (Å²) in [5.41, 5.74) is 3.25. The van der Waals surface area contributed by atoms with Gasteiger partial charge in [0.1, 0.15) is 12.6 Å². The Hall–Kier alpha value is -3.98. The quantitative estimate of drug-likeness (QED) is 0.347. The molecule has 0 heterocycles. The molecule has 0 aliphatic rings. The van der Waals surface area contributed by atoms with Crippen LogP contribution in [0.5, 0.6) is 0 Å². The molecule has 39 heavy (non-hydrogen) atoms. The molecule has 2 amide bonds. The van der Waals surface area contributed by atoms with Gasteiger partial charge in [-0.05, 0) is 44.0 Å². The standard InChI is InChI=1S/C30H35N3O5S/c1-5-31-30(36)28(18-24-10-7-6-8-11-24)32(20-25-16-14-22(2)15-17-25)29(35)21-33(39(4,37)38)27-13-9-12-26(19-27)23(3)34/h6-17,19,28H,5,18,20-21H2,1-4H3,(H,31,36)/t28-/m1/s1. The normalized spacial score (nSPS) is 11.9. The maximum atomic E-state index is 14.0. The zero-order valence-corrected chi connectivity index (χ0v) is 23.6. The van der Waals surface area contributed by atoms with Gasteiger partial charge in [0, 0.05) is 25.1 Å². The molecule has 0 saturated carbocycles. The Balaban J connectivity index is 2.05. The number of hydrogen-bond donors (Lipinski definition) is 1. The number of carbonyl (C=O) groups is 3. The summed E-state index contributed by atoms with van der Waals surface area (Å²) in [7, 11) is -3.91. The molecule has 0 spiro atoms. The van der Waals surface area contributed by atoms with Crippen LogP contribution >= 0.6 is 0 Å². The van der Waals surface area contributed by atoms with E-state index in [0.717, 1.165) is 27.3 Å². The van der Waals surface area contributed by atoms with Crippen LogP contribution in [0.3, 0.4) is 0 Å². The van der Waals surface area contributed by atoms with Crippen molar-refractivity contribution in [1.82, 2.24) is 10.2 Å². The van der Waals surface area contributed by atoms with Crippen molar-refractivity contribution in [2.24, 2.45) is 0 Å². The molecule has 0 aromatic heterocycles. The third kappa shape index (κ3) is 8.25. The Labute approximate surface area is 230 Å². The number of carbonyl (C=O) groups excluding carboxylic acids is 3. The largest absolute Gasteiger partial charge is 0.355 e. The molecule has 1 N–H and O–H groups in total. The fourth-order valence-corrected chi connectivity index (χ4v) is 5.07. The molecule has 0 bridgehead atoms. The molecule has 9 heteroatoms. The third-order valence-corrected chi connectivity index (χ3v) is 7.46. The molecule has 0 aliphatic carbocycles. The van der Waals surface area contributed by atoms with E-state index in [9.17, 15) is 22.8 Å². The van der Waals surface area contributed by atoms with E-state index in [1.807, 2.05) is 61.5 Å². The van der Waals surface area contributed by atoms with Crippen LogP contribution in [0.25, 0.3) is 0 Å². The SMILES string of the molecule is CCNC(=O)[C@@H](Cc1ccccc1)N(Cc1ccc(C)cc1)C(=O)CN(c1cccc(C(C)=O)c1)S(C)(=O)=O. The average Bonchev–Trinajstić information content (AvgIpc) is 2.90. The highest BCUT2D eigenvalue weighted by Crippen LogP contribution is 2.22. The molecular weight excluding hydrogens is 514 g/mol. The summed E-state index contributed by atoms with van der Waals surface area (Å²) in [6.07, 6.45) is 1.26. The molecule has 8 nitrogen and oxygen atoms in total. The number of likely N-dealkylation sites (N-methyl/N-ethyl adjacent to an activating group) is 1. The molecule has 3 aromatic carbocycles. The average molecular weight is 550 g/mol. The Bertz CT molecular complexity index is 1410. The number of Topliss-reactive ketones (excluding diaryl/α,β-unsaturated/α-hetero) is 1. The van der Waals surface area contributed by atoms with Gasteiger partial charge in [-0.2, -0.15) is 0 Å². The van der Waals surface area contributed by atoms with Crippen LogP contribution in [-0.4, -0.2) is 56.3 Å². The van der Waals surface area contributed by atoms with Crippen LogP contribution < -0.4 is 9.62 Å². The Morgan fingerprint density at radius 3 is 2.15 bits per heavy atom. The number of benzene rings is 3. The van der Waals surface area contributed by atoms with E-state index in [-0.39, 0.29) is 30.3 Å². The number of nitrogens with one attached hydrogen (secondary N) is 1. The minimum absolute atomic E-state index is 0.110. The van der Waals surface area contributed by atoms with Crippen LogP contribution in [0.1, 0.15) is 40.9 Å². The first-order valence-corrected chi connectivity index (χ1v) is 14.6. The number of anilines is 1. The molecule has 0 radical (unpaired) electrons. The lowest BCUT2D eigenvalue weighted by molar-refractivity contribution is -0.140. The number of hydrogen-bond acceptors (Lipinski definition) is 5. The second-order valence-electron chi connectivity index (χ2n) is 9.48. The van der Waals surface area contributed by atoms with Crippen LogP contribution in [0.15, 0.2) is 78.9 Å². The van der Waals surface area contributed by atoms with Gasteiger partial charge in [0.05, 0.1) is 11.9 Å². The highest BCUT2D eigenvalue weighted by Gasteiger charge is 2.33. The smallest absolute Gasteiger partial charge is 0.244 e. The number of ketones is 1. The van der Waals surface area contributed by atoms with Gasteiger partial charge in [0.15, 0.2) is 5.78 Å². The fraction of sp³-hybridized carbons (Fsp3) is 0.300. The van der Waals surface area contributed by atoms with Gasteiger partial charge in [-0.15, -0.1) is 0 Å². The molecule has 0 unspecified atom stereocenters. The van der Waals surface area contributed by atoms with E-state index in [0.29, 0.717) is 12.1 Å². The lowest BCUT2D eigenvalue weighted by atomic mass is 10.0. The number of aryl methyl sites for hydroxylation is 1. The lowest BCUT2D eigenvalue weighted by Crippen LogP contribution is -2.53. The summed E-state index contributed by atoms with van der Waals surface area (Å²) < 4.78 is 26.7. The van der Waals surface area contributed by atoms with Crippen LogP contribution in [0.2, 0.25) is 0 Å². The van der Waals surface area contributed by atoms with Gasteiger partial charge in [0.25, 0.3) is 0 Å². The number of amides is 2. The highest BCUT2D eigenvalue weighted by molar-refractivity contribution is 7.92. The molecule has 3 aromatic rings. The number of sulfonamides is 1. The number of rotatable bonds is 12. The van der Waals surface area contributed by atoms with E-state index in [1.54, 1.807) is 19.1 Å². The van der Waals surface area contributed by atoms with Gasteiger partial charge < -0.3 is 10.2 Å². The van der Waals surface area contributed by atoms with Gasteiger partial charge in [0.2, 0.25) is 21.8 Å². The summed E-state index contributed by atoms with van der Waals surface area (Å²) in [5, 5.41) is 2.83. The maximum absolute atomic E-state index is 14.0. The van der Waals surface area contributed by atoms with Gasteiger partial charge in [-0.25, -0.2) is 8.42 Å². The second kappa shape index (κ2) is 13.2. The van der Waals surface area contributed by atoms with Crippen molar-refractivity contribution in [2.75, 3.05) is 23.7 Å². The van der Waals surface area contributed by atoms with E-state index >= 15 is 0 Å². The van der Waals surface area contributed by atoms with Crippen LogP contribution in [-0.2, 0) is 32.6 Å². The van der Waals surface area contributed by atoms with E-state index in [2.05, 4.69) is 5.32 Å². The molecule has 0 fully saturated rings. The molecule has 0 aliphatic heterocycles. The molecular formula is C30H35N3O5S. The zero-order valence-electron chi connectivity index (χ0n) is 22.8. The molecule has 1 atom stereocenters. The molecule has 0 saturated heterocycles. The maximum Gasteiger partial charge on any atom is 0.244 e. The van der Waals surface area contributed by atoms with Crippen molar-refractivity contribution in [2.45, 2.75) is 39.8 Å². The molecule has 3 rings (SSSR count). The Morgan fingerprint density at radius 2 is 1.56 bits per heavy atom. The summed E-state index contributed by atoms with van der Waals surface area (Å²) >= 11 is 0. The summed E-state index contributed by atoms with van der Waals surface area (Å²) in [4.78, 5) is 40.7. The van der Waals surface area contributed by atoms with Gasteiger partial charge in [-0.3, -0.25) is 18.7 Å². The summed E-state index contributed by atoms with van der Waals surface area (Å²) in [6, 6.07) is 22.3. The van der Waals surface area contributed by atoms with Crippen molar-refractivity contribution in [3.63, 3.8) is 0 Å². The van der Waals surface area contributed by atoms with Crippen molar-refractivity contribution in [1.29, 1.82) is 0 Å². The number of nitrogens with zero attached hydrogens (tertiary/aromatic N) is 2. The first-order valence-electron chi connectivity index (χ1n) is 12.7. The second-order valence-corrected chi connectivity index (χ2v) is 11.4. The highest BCUT2D eigenvalue weighted by atomic mass is 32.2. The topological polar surface area (TPSA) is 104 Å². The monoisotopic (exact) mass is 549 g/mol. The van der Waals surface area contributed by atoms with Gasteiger partial charge in [-0.1, -0.05) is 72.3 Å². The van der Waals surface area contributed by atoms with Crippen molar-refractivity contribution in [3.05, 3.63) is 101 Å². The van der Waals surface area contributed by atoms with Gasteiger partial charge >= 0.3 is 0 Å². The van der Waals surface area contributed by atoms with Crippen molar-refractivity contribution in [3.8, 4) is 0 Å². The summed E-state index contributed by atoms with van der Waals surface area (Å²) in [5.74, 6) is -1.09. The van der Waals surface area contributed by atoms with E-state index in [1.165, 1.54) is 24.0 Å². The first-order chi connectivity index (χ1) is 18.5. The van der Waals surface area contributed by atoms with Crippen LogP contribution in [0, 0.1) is 6.92 Å². The Morgan fingerprint density at radius 1 is 0.897 bits per heavy atom. The predicted molar refractivity (Wildman–Crippen MR) is 153 cm³/mol. The molecule has 206 valence electrons. The minimum Gasteiger partial charge on any atom is -0.355 e. The van der Waals surface area contributed by atoms with E-state index in [4.69, 9.17) is 0 Å². The van der Waals surface area contributed by atoms with E-state index < -0.39 is 28.5 Å². The fourth-order valence-electron chi connectivity index (χ4n) is 4.23. The minimum atomic E-state index is -3.91. The lowest BCUT2D eigenvalue weighted by Gasteiger charge is -2.33. The predicted octanol–water partition coefficient (Wildman–Crippen LogP) is 3.74. The zero-order chi connectivity index (χ0) is 28.6. The Kier molecular flexibility index (Phi) is 10.0. The first kappa shape index (κ1) is 29.6. The van der Waals surface area contributed by atoms with Crippen molar-refractivity contribution >= 4 is 33.3 Å². The summed E-state index contributed by atoms with van der Waals surface area (Å²) in [6.45, 7) is 5.11. The van der Waals surface area contributed by atoms with Crippen molar-refractivity contribution < 1.29 is 22.8 Å².